The number of aliphatic hydroxyl groups excluding tert-OH is 1. The van der Waals surface area contributed by atoms with Gasteiger partial charge in [-0.1, -0.05) is 43.3 Å². The van der Waals surface area contributed by atoms with Gasteiger partial charge < -0.3 is 14.6 Å². The molecule has 0 saturated carbocycles. The third kappa shape index (κ3) is 5.00. The molecule has 0 bridgehead atoms. The van der Waals surface area contributed by atoms with Gasteiger partial charge in [-0.05, 0) is 12.5 Å². The van der Waals surface area contributed by atoms with E-state index in [0.717, 1.165) is 5.56 Å². The van der Waals surface area contributed by atoms with Crippen LogP contribution in [0.3, 0.4) is 0 Å². The van der Waals surface area contributed by atoms with Crippen molar-refractivity contribution in [3.63, 3.8) is 0 Å². The van der Waals surface area contributed by atoms with E-state index in [0.29, 0.717) is 6.61 Å². The second kappa shape index (κ2) is 8.03. The Balaban J connectivity index is 2.19. The highest BCUT2D eigenvalue weighted by molar-refractivity contribution is 5.13. The van der Waals surface area contributed by atoms with E-state index in [9.17, 15) is 5.11 Å². The summed E-state index contributed by atoms with van der Waals surface area (Å²) in [5, 5.41) is 9.85. The highest BCUT2D eigenvalue weighted by Gasteiger charge is 2.19. The standard InChI is InChI=1S/C15H22O3/c1-4-12(2)15(16)13(3)18-11-17-10-14-8-6-5-7-9-14/h4-9,12-13,15-16H,1,10-11H2,2-3H3/t12-,13+,15-/m0/s1. The molecule has 1 aromatic rings. The summed E-state index contributed by atoms with van der Waals surface area (Å²) >= 11 is 0. The van der Waals surface area contributed by atoms with Crippen LogP contribution in [-0.2, 0) is 16.1 Å². The van der Waals surface area contributed by atoms with Crippen LogP contribution in [0.2, 0.25) is 0 Å². The number of benzene rings is 1. The van der Waals surface area contributed by atoms with Gasteiger partial charge in [0.25, 0.3) is 0 Å². The molecule has 1 N–H and O–H groups in total. The Morgan fingerprint density at radius 2 is 1.94 bits per heavy atom. The molecule has 0 heterocycles. The third-order valence-corrected chi connectivity index (χ3v) is 2.92. The van der Waals surface area contributed by atoms with Gasteiger partial charge in [-0.15, -0.1) is 6.58 Å². The highest BCUT2D eigenvalue weighted by Crippen LogP contribution is 2.11. The summed E-state index contributed by atoms with van der Waals surface area (Å²) in [5.74, 6) is 0.00845. The van der Waals surface area contributed by atoms with Crippen molar-refractivity contribution in [2.24, 2.45) is 5.92 Å². The van der Waals surface area contributed by atoms with Crippen molar-refractivity contribution in [3.05, 3.63) is 48.6 Å². The van der Waals surface area contributed by atoms with Gasteiger partial charge in [0.05, 0.1) is 18.8 Å². The minimum Gasteiger partial charge on any atom is -0.390 e. The lowest BCUT2D eigenvalue weighted by Gasteiger charge is -2.22. The molecular weight excluding hydrogens is 228 g/mol. The predicted octanol–water partition coefficient (Wildman–Crippen LogP) is 2.75. The molecule has 0 fully saturated rings. The minimum atomic E-state index is -0.553. The Hall–Kier alpha value is -1.16. The Morgan fingerprint density at radius 3 is 2.56 bits per heavy atom. The van der Waals surface area contributed by atoms with Crippen molar-refractivity contribution >= 4 is 0 Å². The molecule has 18 heavy (non-hydrogen) atoms. The Bertz CT molecular complexity index is 337. The lowest BCUT2D eigenvalue weighted by atomic mass is 10.0. The molecule has 0 aliphatic rings. The molecule has 3 atom stereocenters. The molecular formula is C15H22O3. The number of ether oxygens (including phenoxy) is 2. The second-order valence-corrected chi connectivity index (χ2v) is 4.41. The summed E-state index contributed by atoms with van der Waals surface area (Å²) in [6.07, 6.45) is 0.895. The fourth-order valence-electron chi connectivity index (χ4n) is 1.55. The summed E-state index contributed by atoms with van der Waals surface area (Å²) < 4.78 is 10.8. The summed E-state index contributed by atoms with van der Waals surface area (Å²) in [5.41, 5.74) is 1.11. The first-order chi connectivity index (χ1) is 8.65. The zero-order chi connectivity index (χ0) is 13.4. The van der Waals surface area contributed by atoms with Gasteiger partial charge in [0, 0.05) is 5.92 Å². The van der Waals surface area contributed by atoms with Gasteiger partial charge in [0.1, 0.15) is 6.79 Å². The van der Waals surface area contributed by atoms with Crippen molar-refractivity contribution in [1.29, 1.82) is 0 Å². The molecule has 0 aliphatic carbocycles. The topological polar surface area (TPSA) is 38.7 Å². The van der Waals surface area contributed by atoms with Crippen molar-refractivity contribution in [2.45, 2.75) is 32.7 Å². The molecule has 0 radical (unpaired) electrons. The van der Waals surface area contributed by atoms with E-state index in [1.807, 2.05) is 44.2 Å². The van der Waals surface area contributed by atoms with Gasteiger partial charge >= 0.3 is 0 Å². The van der Waals surface area contributed by atoms with Crippen molar-refractivity contribution in [1.82, 2.24) is 0 Å². The first kappa shape index (κ1) is 14.9. The lowest BCUT2D eigenvalue weighted by Crippen LogP contribution is -2.31. The highest BCUT2D eigenvalue weighted by atomic mass is 16.7. The summed E-state index contributed by atoms with van der Waals surface area (Å²) in [6, 6.07) is 9.90. The van der Waals surface area contributed by atoms with Gasteiger partial charge in [-0.2, -0.15) is 0 Å². The number of aliphatic hydroxyl groups is 1. The van der Waals surface area contributed by atoms with Crippen LogP contribution in [0, 0.1) is 5.92 Å². The van der Waals surface area contributed by atoms with Crippen LogP contribution >= 0.6 is 0 Å². The van der Waals surface area contributed by atoms with Crippen LogP contribution < -0.4 is 0 Å². The molecule has 100 valence electrons. The van der Waals surface area contributed by atoms with E-state index in [4.69, 9.17) is 9.47 Å². The molecule has 0 spiro atoms. The summed E-state index contributed by atoms with van der Waals surface area (Å²) in [7, 11) is 0. The molecule has 3 nitrogen and oxygen atoms in total. The maximum Gasteiger partial charge on any atom is 0.147 e. The molecule has 1 rings (SSSR count). The fraction of sp³-hybridized carbons (Fsp3) is 0.467. The van der Waals surface area contributed by atoms with Crippen LogP contribution in [0.5, 0.6) is 0 Å². The smallest absolute Gasteiger partial charge is 0.147 e. The Kier molecular flexibility index (Phi) is 6.65. The van der Waals surface area contributed by atoms with Crippen molar-refractivity contribution < 1.29 is 14.6 Å². The van der Waals surface area contributed by atoms with Crippen LogP contribution in [0.15, 0.2) is 43.0 Å². The normalized spacial score (nSPS) is 15.9. The van der Waals surface area contributed by atoms with Crippen LogP contribution in [-0.4, -0.2) is 24.1 Å². The summed E-state index contributed by atoms with van der Waals surface area (Å²) in [4.78, 5) is 0. The zero-order valence-corrected chi connectivity index (χ0v) is 11.1. The van der Waals surface area contributed by atoms with Gasteiger partial charge in [0.2, 0.25) is 0 Å². The Labute approximate surface area is 109 Å². The molecule has 0 saturated heterocycles. The molecule has 0 amide bonds. The number of hydrogen-bond acceptors (Lipinski definition) is 3. The third-order valence-electron chi connectivity index (χ3n) is 2.92. The van der Waals surface area contributed by atoms with E-state index in [2.05, 4.69) is 6.58 Å². The van der Waals surface area contributed by atoms with Crippen molar-refractivity contribution in [3.8, 4) is 0 Å². The van der Waals surface area contributed by atoms with Crippen LogP contribution in [0.1, 0.15) is 19.4 Å². The largest absolute Gasteiger partial charge is 0.390 e. The second-order valence-electron chi connectivity index (χ2n) is 4.41. The fourth-order valence-corrected chi connectivity index (χ4v) is 1.55. The summed E-state index contributed by atoms with van der Waals surface area (Å²) in [6.45, 7) is 8.08. The van der Waals surface area contributed by atoms with E-state index >= 15 is 0 Å². The molecule has 0 aromatic heterocycles. The predicted molar refractivity (Wildman–Crippen MR) is 72.0 cm³/mol. The van der Waals surface area contributed by atoms with Gasteiger partial charge in [-0.3, -0.25) is 0 Å². The monoisotopic (exact) mass is 250 g/mol. The maximum absolute atomic E-state index is 9.85. The number of hydrogen-bond donors (Lipinski definition) is 1. The first-order valence-electron chi connectivity index (χ1n) is 6.19. The van der Waals surface area contributed by atoms with Crippen LogP contribution in [0.4, 0.5) is 0 Å². The quantitative estimate of drug-likeness (QED) is 0.438. The van der Waals surface area contributed by atoms with Crippen molar-refractivity contribution in [2.75, 3.05) is 6.79 Å². The molecule has 0 aliphatic heterocycles. The van der Waals surface area contributed by atoms with E-state index in [1.54, 1.807) is 6.08 Å². The molecule has 3 heteroatoms. The lowest BCUT2D eigenvalue weighted by molar-refractivity contribution is -0.128. The SMILES string of the molecule is C=C[C@H](C)[C@H](O)[C@@H](C)OCOCc1ccccc1. The average Bonchev–Trinajstić information content (AvgIpc) is 2.42. The molecule has 0 unspecified atom stereocenters. The van der Waals surface area contributed by atoms with E-state index in [-0.39, 0.29) is 18.8 Å². The van der Waals surface area contributed by atoms with E-state index in [1.165, 1.54) is 0 Å². The van der Waals surface area contributed by atoms with Crippen LogP contribution in [0.25, 0.3) is 0 Å². The van der Waals surface area contributed by atoms with E-state index < -0.39 is 6.10 Å². The number of rotatable bonds is 8. The molecule has 1 aromatic carbocycles. The minimum absolute atomic E-state index is 0.00845. The van der Waals surface area contributed by atoms with Gasteiger partial charge in [0.15, 0.2) is 0 Å². The zero-order valence-electron chi connectivity index (χ0n) is 11.1. The maximum atomic E-state index is 9.85. The average molecular weight is 250 g/mol. The van der Waals surface area contributed by atoms with Gasteiger partial charge in [-0.25, -0.2) is 0 Å². The Morgan fingerprint density at radius 1 is 1.28 bits per heavy atom. The first-order valence-corrected chi connectivity index (χ1v) is 6.19.